The number of esters is 1. The minimum absolute atomic E-state index is 0. The van der Waals surface area contributed by atoms with Crippen molar-refractivity contribution in [1.82, 2.24) is 0 Å². The van der Waals surface area contributed by atoms with Crippen LogP contribution in [0, 0.1) is 0 Å². The standard InChI is InChI=1S/C10H18O5S.K/c1-9(2)10(11)15-7-5-3-4-6-8-16(12,13)14;/h1,3-8H2,2H3,(H,12,13,14);/q;+1/p-1. The molecule has 0 aliphatic heterocycles. The molecule has 0 heterocycles. The predicted molar refractivity (Wildman–Crippen MR) is 58.8 cm³/mol. The van der Waals surface area contributed by atoms with Crippen molar-refractivity contribution < 1.29 is 73.9 Å². The largest absolute Gasteiger partial charge is 1.00 e. The third-order valence-corrected chi connectivity index (χ3v) is 2.66. The first-order valence-electron chi connectivity index (χ1n) is 5.09. The van der Waals surface area contributed by atoms with E-state index in [1.165, 1.54) is 0 Å². The van der Waals surface area contributed by atoms with Gasteiger partial charge in [0.1, 0.15) is 0 Å². The first-order chi connectivity index (χ1) is 7.33. The average Bonchev–Trinajstić information content (AvgIpc) is 2.14. The van der Waals surface area contributed by atoms with E-state index in [1.807, 2.05) is 0 Å². The van der Waals surface area contributed by atoms with Crippen molar-refractivity contribution in [3.8, 4) is 0 Å². The Morgan fingerprint density at radius 2 is 1.76 bits per heavy atom. The van der Waals surface area contributed by atoms with Crippen LogP contribution in [0.3, 0.4) is 0 Å². The monoisotopic (exact) mass is 288 g/mol. The van der Waals surface area contributed by atoms with Gasteiger partial charge in [-0.1, -0.05) is 19.4 Å². The quantitative estimate of drug-likeness (QED) is 0.173. The Morgan fingerprint density at radius 1 is 1.24 bits per heavy atom. The number of rotatable bonds is 8. The van der Waals surface area contributed by atoms with Crippen molar-refractivity contribution >= 4 is 16.1 Å². The van der Waals surface area contributed by atoms with Crippen molar-refractivity contribution in [2.24, 2.45) is 0 Å². The van der Waals surface area contributed by atoms with Gasteiger partial charge in [-0.25, -0.2) is 13.2 Å². The summed E-state index contributed by atoms with van der Waals surface area (Å²) in [7, 11) is -4.09. The molecule has 0 aromatic heterocycles. The third-order valence-electron chi connectivity index (χ3n) is 1.87. The molecule has 0 saturated carbocycles. The normalized spacial score (nSPS) is 10.5. The van der Waals surface area contributed by atoms with Gasteiger partial charge in [0.2, 0.25) is 0 Å². The maximum absolute atomic E-state index is 10.9. The van der Waals surface area contributed by atoms with Crippen molar-refractivity contribution in [3.05, 3.63) is 12.2 Å². The maximum Gasteiger partial charge on any atom is 1.00 e. The Balaban J connectivity index is 0. The Hall–Kier alpha value is 0.756. The van der Waals surface area contributed by atoms with Crippen LogP contribution in [0.5, 0.6) is 0 Å². The van der Waals surface area contributed by atoms with Gasteiger partial charge >= 0.3 is 57.4 Å². The fourth-order valence-corrected chi connectivity index (χ4v) is 1.58. The molecule has 0 amide bonds. The second-order valence-corrected chi connectivity index (χ2v) is 5.12. The molecule has 0 fully saturated rings. The molecule has 17 heavy (non-hydrogen) atoms. The Kier molecular flexibility index (Phi) is 12.6. The number of carbonyl (C=O) groups is 1. The van der Waals surface area contributed by atoms with Gasteiger partial charge in [-0.05, 0) is 19.8 Å². The van der Waals surface area contributed by atoms with Gasteiger partial charge in [0.15, 0.2) is 0 Å². The van der Waals surface area contributed by atoms with Crippen LogP contribution in [0.15, 0.2) is 12.2 Å². The zero-order valence-corrected chi connectivity index (χ0v) is 14.3. The van der Waals surface area contributed by atoms with E-state index in [0.717, 1.165) is 6.42 Å². The zero-order valence-electron chi connectivity index (χ0n) is 10.4. The van der Waals surface area contributed by atoms with E-state index in [4.69, 9.17) is 4.74 Å². The van der Waals surface area contributed by atoms with Crippen LogP contribution in [0.2, 0.25) is 0 Å². The molecule has 0 rings (SSSR count). The maximum atomic E-state index is 10.9. The molecule has 0 aliphatic rings. The van der Waals surface area contributed by atoms with Crippen LogP contribution in [-0.2, 0) is 19.6 Å². The topological polar surface area (TPSA) is 83.5 Å². The second kappa shape index (κ2) is 10.7. The van der Waals surface area contributed by atoms with Gasteiger partial charge in [-0.3, -0.25) is 0 Å². The molecule has 0 atom stereocenters. The summed E-state index contributed by atoms with van der Waals surface area (Å²) in [4.78, 5) is 10.9. The molecule has 0 unspecified atom stereocenters. The molecule has 0 aromatic carbocycles. The molecule has 0 aromatic rings. The van der Waals surface area contributed by atoms with Gasteiger partial charge in [0.05, 0.1) is 16.7 Å². The number of carbonyl (C=O) groups excluding carboxylic acids is 1. The Morgan fingerprint density at radius 3 is 2.24 bits per heavy atom. The molecule has 7 heteroatoms. The molecular weight excluding hydrogens is 271 g/mol. The summed E-state index contributed by atoms with van der Waals surface area (Å²) in [5.74, 6) is -0.736. The van der Waals surface area contributed by atoms with E-state index in [1.54, 1.807) is 6.92 Å². The van der Waals surface area contributed by atoms with Crippen LogP contribution in [0.1, 0.15) is 32.6 Å². The van der Waals surface area contributed by atoms with Crippen molar-refractivity contribution in [2.75, 3.05) is 12.4 Å². The van der Waals surface area contributed by atoms with E-state index in [9.17, 15) is 17.8 Å². The minimum atomic E-state index is -4.09. The van der Waals surface area contributed by atoms with Crippen LogP contribution in [0.4, 0.5) is 0 Å². The number of unbranched alkanes of at least 4 members (excludes halogenated alkanes) is 3. The van der Waals surface area contributed by atoms with E-state index in [2.05, 4.69) is 6.58 Å². The van der Waals surface area contributed by atoms with Gasteiger partial charge in [-0.15, -0.1) is 0 Å². The SMILES string of the molecule is C=C(C)C(=O)OCCCCCCS(=O)(=O)[O-].[K+]. The Labute approximate surface area is 145 Å². The summed E-state index contributed by atoms with van der Waals surface area (Å²) in [6.07, 6.45) is 2.41. The first-order valence-corrected chi connectivity index (χ1v) is 6.67. The molecule has 5 nitrogen and oxygen atoms in total. The van der Waals surface area contributed by atoms with E-state index >= 15 is 0 Å². The van der Waals surface area contributed by atoms with Crippen LogP contribution in [0.25, 0.3) is 0 Å². The molecule has 0 aliphatic carbocycles. The van der Waals surface area contributed by atoms with E-state index < -0.39 is 16.1 Å². The summed E-state index contributed by atoms with van der Waals surface area (Å²) in [6, 6.07) is 0. The molecule has 0 radical (unpaired) electrons. The van der Waals surface area contributed by atoms with E-state index in [0.29, 0.717) is 31.4 Å². The number of hydrogen-bond acceptors (Lipinski definition) is 5. The van der Waals surface area contributed by atoms with Gasteiger partial charge in [-0.2, -0.15) is 0 Å². The molecule has 0 bridgehead atoms. The molecule has 94 valence electrons. The summed E-state index contributed by atoms with van der Waals surface area (Å²) < 4.78 is 35.6. The van der Waals surface area contributed by atoms with Gasteiger partial charge in [0.25, 0.3) is 0 Å². The van der Waals surface area contributed by atoms with Crippen molar-refractivity contribution in [2.45, 2.75) is 32.6 Å². The first kappa shape index (κ1) is 20.1. The fourth-order valence-electron chi connectivity index (χ4n) is 1.02. The molecule has 0 spiro atoms. The van der Waals surface area contributed by atoms with Crippen molar-refractivity contribution in [1.29, 1.82) is 0 Å². The van der Waals surface area contributed by atoms with Crippen LogP contribution < -0.4 is 51.4 Å². The zero-order chi connectivity index (χ0) is 12.6. The summed E-state index contributed by atoms with van der Waals surface area (Å²) in [5.41, 5.74) is 0.359. The van der Waals surface area contributed by atoms with Crippen LogP contribution in [-0.4, -0.2) is 31.3 Å². The number of hydrogen-bond donors (Lipinski definition) is 0. The van der Waals surface area contributed by atoms with Crippen LogP contribution >= 0.6 is 0 Å². The number of ether oxygens (including phenoxy) is 1. The third kappa shape index (κ3) is 14.7. The van der Waals surface area contributed by atoms with E-state index in [-0.39, 0.29) is 57.1 Å². The van der Waals surface area contributed by atoms with Gasteiger partial charge in [0, 0.05) is 11.3 Å². The molecule has 0 saturated heterocycles. The van der Waals surface area contributed by atoms with Crippen molar-refractivity contribution in [3.63, 3.8) is 0 Å². The summed E-state index contributed by atoms with van der Waals surface area (Å²) in [6.45, 7) is 5.31. The fraction of sp³-hybridized carbons (Fsp3) is 0.700. The summed E-state index contributed by atoms with van der Waals surface area (Å²) >= 11 is 0. The Bertz CT molecular complexity index is 337. The smallest absolute Gasteiger partial charge is 0.748 e. The minimum Gasteiger partial charge on any atom is -0.748 e. The molecular formula is C10H17KO5S. The second-order valence-electron chi connectivity index (χ2n) is 3.59. The van der Waals surface area contributed by atoms with Gasteiger partial charge < -0.3 is 9.29 Å². The predicted octanol–water partition coefficient (Wildman–Crippen LogP) is -1.78. The summed E-state index contributed by atoms with van der Waals surface area (Å²) in [5, 5.41) is 0. The average molecular weight is 288 g/mol. The molecule has 0 N–H and O–H groups in total.